The zero-order valence-corrected chi connectivity index (χ0v) is 19.7. The van der Waals surface area contributed by atoms with E-state index in [1.807, 2.05) is 29.2 Å². The first-order valence-electron chi connectivity index (χ1n) is 11.7. The smallest absolute Gasteiger partial charge is 0.483 e. The molecule has 0 saturated carbocycles. The fourth-order valence-electron chi connectivity index (χ4n) is 3.82. The van der Waals surface area contributed by atoms with Gasteiger partial charge in [0.1, 0.15) is 11.5 Å². The zero-order valence-electron chi connectivity index (χ0n) is 19.7. The number of carbonyl (C=O) groups is 3. The van der Waals surface area contributed by atoms with Crippen molar-refractivity contribution >= 4 is 18.0 Å². The van der Waals surface area contributed by atoms with Crippen molar-refractivity contribution in [1.29, 1.82) is 0 Å². The second-order valence-corrected chi connectivity index (χ2v) is 8.10. The molecule has 2 aromatic rings. The predicted molar refractivity (Wildman–Crippen MR) is 127 cm³/mol. The van der Waals surface area contributed by atoms with Gasteiger partial charge >= 0.3 is 6.16 Å². The van der Waals surface area contributed by atoms with E-state index in [1.165, 1.54) is 0 Å². The Morgan fingerprint density at radius 1 is 1.00 bits per heavy atom. The van der Waals surface area contributed by atoms with E-state index in [4.69, 9.17) is 14.2 Å². The van der Waals surface area contributed by atoms with Crippen molar-refractivity contribution in [2.45, 2.75) is 33.1 Å². The van der Waals surface area contributed by atoms with Crippen molar-refractivity contribution in [3.8, 4) is 11.5 Å². The van der Waals surface area contributed by atoms with Crippen LogP contribution in [-0.2, 0) is 16.0 Å². The Morgan fingerprint density at radius 3 is 2.38 bits per heavy atom. The lowest BCUT2D eigenvalue weighted by atomic mass is 9.96. The second-order valence-electron chi connectivity index (χ2n) is 8.10. The van der Waals surface area contributed by atoms with Gasteiger partial charge in [0, 0.05) is 25.2 Å². The summed E-state index contributed by atoms with van der Waals surface area (Å²) in [5, 5.41) is 2.95. The molecule has 1 saturated heterocycles. The minimum Gasteiger partial charge on any atom is -0.483 e. The highest BCUT2D eigenvalue weighted by Gasteiger charge is 2.24. The summed E-state index contributed by atoms with van der Waals surface area (Å²) < 4.78 is 15.4. The topological polar surface area (TPSA) is 94.2 Å². The highest BCUT2D eigenvalue weighted by atomic mass is 16.7. The number of ether oxygens (including phenoxy) is 3. The molecule has 3 rings (SSSR count). The molecule has 0 bridgehead atoms. The monoisotopic (exact) mass is 468 g/mol. The summed E-state index contributed by atoms with van der Waals surface area (Å²) in [6.45, 7) is 5.79. The average Bonchev–Trinajstić information content (AvgIpc) is 2.87. The van der Waals surface area contributed by atoms with E-state index in [-0.39, 0.29) is 25.0 Å². The number of nitrogens with one attached hydrogen (secondary N) is 1. The lowest BCUT2D eigenvalue weighted by molar-refractivity contribution is -0.123. The number of hydrogen-bond donors (Lipinski definition) is 1. The van der Waals surface area contributed by atoms with E-state index in [2.05, 4.69) is 12.2 Å². The van der Waals surface area contributed by atoms with Gasteiger partial charge in [-0.3, -0.25) is 9.59 Å². The van der Waals surface area contributed by atoms with Crippen LogP contribution in [0.4, 0.5) is 4.79 Å². The first-order chi connectivity index (χ1) is 16.5. The van der Waals surface area contributed by atoms with Gasteiger partial charge in [-0.15, -0.1) is 0 Å². The number of nitrogens with zero attached hydrogens (tertiary/aromatic N) is 1. The first-order valence-corrected chi connectivity index (χ1v) is 11.7. The van der Waals surface area contributed by atoms with Crippen LogP contribution in [0.2, 0.25) is 0 Å². The Labute approximate surface area is 200 Å². The lowest BCUT2D eigenvalue weighted by Crippen LogP contribution is -2.42. The van der Waals surface area contributed by atoms with Gasteiger partial charge in [0.15, 0.2) is 6.61 Å². The fraction of sp³-hybridized carbons (Fsp3) is 0.423. The number of carbonyl (C=O) groups excluding carboxylic acids is 3. The number of amides is 2. The maximum atomic E-state index is 12.8. The number of piperidine rings is 1. The summed E-state index contributed by atoms with van der Waals surface area (Å²) in [5.74, 6) is 1.18. The van der Waals surface area contributed by atoms with Crippen molar-refractivity contribution in [2.75, 3.05) is 32.8 Å². The third-order valence-electron chi connectivity index (χ3n) is 5.77. The van der Waals surface area contributed by atoms with Crippen LogP contribution in [0, 0.1) is 5.92 Å². The van der Waals surface area contributed by atoms with Crippen LogP contribution < -0.4 is 14.8 Å². The standard InChI is InChI=1S/C26H32N2O6/c1-3-20-7-5-6-8-23(20)33-18-24(29)27-17-19-13-15-28(16-14-19)25(30)21-9-11-22(12-10-21)34-26(31)32-4-2/h5-12,19H,3-4,13-18H2,1-2H3,(H,27,29). The summed E-state index contributed by atoms with van der Waals surface area (Å²) in [6, 6.07) is 14.2. The quantitative estimate of drug-likeness (QED) is 0.444. The highest BCUT2D eigenvalue weighted by Crippen LogP contribution is 2.21. The summed E-state index contributed by atoms with van der Waals surface area (Å²) in [6.07, 6.45) is 1.71. The molecule has 34 heavy (non-hydrogen) atoms. The summed E-state index contributed by atoms with van der Waals surface area (Å²) >= 11 is 0. The molecule has 2 aromatic carbocycles. The van der Waals surface area contributed by atoms with Crippen LogP contribution in [0.15, 0.2) is 48.5 Å². The summed E-state index contributed by atoms with van der Waals surface area (Å²) in [7, 11) is 0. The fourth-order valence-corrected chi connectivity index (χ4v) is 3.82. The molecular weight excluding hydrogens is 436 g/mol. The SMILES string of the molecule is CCOC(=O)Oc1ccc(C(=O)N2CCC(CNC(=O)COc3ccccc3CC)CC2)cc1. The third-order valence-corrected chi connectivity index (χ3v) is 5.77. The number of rotatable bonds is 9. The molecule has 0 spiro atoms. The molecular formula is C26H32N2O6. The van der Waals surface area contributed by atoms with E-state index in [1.54, 1.807) is 31.2 Å². The molecule has 0 radical (unpaired) electrons. The van der Waals surface area contributed by atoms with Gasteiger partial charge in [-0.05, 0) is 68.0 Å². The molecule has 2 amide bonds. The Bertz CT molecular complexity index is 968. The summed E-state index contributed by atoms with van der Waals surface area (Å²) in [5.41, 5.74) is 1.61. The van der Waals surface area contributed by atoms with E-state index >= 15 is 0 Å². The van der Waals surface area contributed by atoms with Gasteiger partial charge in [0.25, 0.3) is 11.8 Å². The van der Waals surface area contributed by atoms with Crippen LogP contribution in [0.1, 0.15) is 42.6 Å². The van der Waals surface area contributed by atoms with Crippen LogP contribution in [0.3, 0.4) is 0 Å². The molecule has 0 unspecified atom stereocenters. The van der Waals surface area contributed by atoms with Gasteiger partial charge in [0.05, 0.1) is 6.61 Å². The molecule has 1 aliphatic rings. The molecule has 1 N–H and O–H groups in total. The van der Waals surface area contributed by atoms with Crippen molar-refractivity contribution in [3.05, 3.63) is 59.7 Å². The maximum Gasteiger partial charge on any atom is 0.513 e. The first kappa shape index (κ1) is 25.1. The minimum atomic E-state index is -0.770. The Kier molecular flexibility index (Phi) is 9.31. The molecule has 0 aliphatic carbocycles. The Hall–Kier alpha value is -3.55. The van der Waals surface area contributed by atoms with Crippen molar-refractivity contribution in [1.82, 2.24) is 10.2 Å². The molecule has 8 nitrogen and oxygen atoms in total. The summed E-state index contributed by atoms with van der Waals surface area (Å²) in [4.78, 5) is 38.2. The Balaban J connectivity index is 1.38. The van der Waals surface area contributed by atoms with Crippen LogP contribution >= 0.6 is 0 Å². The van der Waals surface area contributed by atoms with Crippen LogP contribution in [0.5, 0.6) is 11.5 Å². The van der Waals surface area contributed by atoms with E-state index in [0.29, 0.717) is 36.9 Å². The molecule has 182 valence electrons. The number of hydrogen-bond acceptors (Lipinski definition) is 6. The predicted octanol–water partition coefficient (Wildman–Crippen LogP) is 3.83. The zero-order chi connectivity index (χ0) is 24.3. The molecule has 0 atom stereocenters. The number of para-hydroxylation sites is 1. The maximum absolute atomic E-state index is 12.8. The van der Waals surface area contributed by atoms with E-state index in [0.717, 1.165) is 30.6 Å². The molecule has 8 heteroatoms. The molecule has 0 aromatic heterocycles. The van der Waals surface area contributed by atoms with Gasteiger partial charge in [0.2, 0.25) is 0 Å². The number of likely N-dealkylation sites (tertiary alicyclic amines) is 1. The highest BCUT2D eigenvalue weighted by molar-refractivity contribution is 5.94. The van der Waals surface area contributed by atoms with Crippen LogP contribution in [-0.4, -0.2) is 55.7 Å². The van der Waals surface area contributed by atoms with Crippen molar-refractivity contribution in [3.63, 3.8) is 0 Å². The van der Waals surface area contributed by atoms with Gasteiger partial charge in [-0.2, -0.15) is 0 Å². The van der Waals surface area contributed by atoms with Gasteiger partial charge in [-0.25, -0.2) is 4.79 Å². The second kappa shape index (κ2) is 12.6. The number of benzene rings is 2. The number of aryl methyl sites for hydroxylation is 1. The van der Waals surface area contributed by atoms with Crippen LogP contribution in [0.25, 0.3) is 0 Å². The molecule has 1 aliphatic heterocycles. The van der Waals surface area contributed by atoms with Crippen molar-refractivity contribution in [2.24, 2.45) is 5.92 Å². The minimum absolute atomic E-state index is 0.00970. The van der Waals surface area contributed by atoms with Crippen molar-refractivity contribution < 1.29 is 28.6 Å². The lowest BCUT2D eigenvalue weighted by Gasteiger charge is -2.32. The van der Waals surface area contributed by atoms with E-state index in [9.17, 15) is 14.4 Å². The average molecular weight is 469 g/mol. The van der Waals surface area contributed by atoms with E-state index < -0.39 is 6.16 Å². The largest absolute Gasteiger partial charge is 0.513 e. The normalized spacial score (nSPS) is 13.8. The van der Waals surface area contributed by atoms with Gasteiger partial charge < -0.3 is 24.4 Å². The molecule has 1 heterocycles. The molecule has 1 fully saturated rings. The Morgan fingerprint density at radius 2 is 1.71 bits per heavy atom. The van der Waals surface area contributed by atoms with Gasteiger partial charge in [-0.1, -0.05) is 25.1 Å². The third kappa shape index (κ3) is 7.23.